The summed E-state index contributed by atoms with van der Waals surface area (Å²) >= 11 is 6.98. The Kier molecular flexibility index (Phi) is 8.03. The molecule has 3 heterocycles. The number of anilines is 1. The lowest BCUT2D eigenvalue weighted by Gasteiger charge is -2.37. The van der Waals surface area contributed by atoms with Crippen molar-refractivity contribution in [1.29, 1.82) is 5.26 Å². The Bertz CT molecular complexity index is 1360. The molecule has 1 amide bonds. The summed E-state index contributed by atoms with van der Waals surface area (Å²) in [5.74, 6) is 0.700. The number of carbonyl (C=O) groups excluding carboxylic acids is 1. The second-order valence-electron chi connectivity index (χ2n) is 10.3. The predicted octanol–water partition coefficient (Wildman–Crippen LogP) is 4.42. The van der Waals surface area contributed by atoms with Gasteiger partial charge in [-0.05, 0) is 37.0 Å². The van der Waals surface area contributed by atoms with E-state index in [0.29, 0.717) is 14.8 Å². The van der Waals surface area contributed by atoms with Crippen molar-refractivity contribution in [3.8, 4) is 6.07 Å². The van der Waals surface area contributed by atoms with Gasteiger partial charge in [-0.2, -0.15) is 5.26 Å². The first-order valence-electron chi connectivity index (χ1n) is 13.3. The van der Waals surface area contributed by atoms with Crippen molar-refractivity contribution in [2.75, 3.05) is 31.1 Å². The maximum absolute atomic E-state index is 13.5. The SMILES string of the molecule is Cc1c(C=C2SC(=S)N(C3CCCCC3)C2=O)c(N2CCN(Cc3ccccc3)CC2)n(C)c(=O)c1C#N. The number of piperazine rings is 1. The quantitative estimate of drug-likeness (QED) is 0.405. The Labute approximate surface area is 233 Å². The van der Waals surface area contributed by atoms with Gasteiger partial charge in [0.2, 0.25) is 0 Å². The number of hydrogen-bond donors (Lipinski definition) is 0. The first-order chi connectivity index (χ1) is 18.4. The van der Waals surface area contributed by atoms with Crippen LogP contribution in [0, 0.1) is 18.3 Å². The normalized spacial score (nSPS) is 20.4. The minimum Gasteiger partial charge on any atom is -0.355 e. The van der Waals surface area contributed by atoms with Crippen molar-refractivity contribution in [3.63, 3.8) is 0 Å². The molecule has 1 saturated carbocycles. The third-order valence-electron chi connectivity index (χ3n) is 7.93. The summed E-state index contributed by atoms with van der Waals surface area (Å²) in [6.07, 6.45) is 7.27. The first kappa shape index (κ1) is 26.7. The number of thioether (sulfide) groups is 1. The lowest BCUT2D eigenvalue weighted by Crippen LogP contribution is -2.48. The van der Waals surface area contributed by atoms with Gasteiger partial charge < -0.3 is 4.90 Å². The summed E-state index contributed by atoms with van der Waals surface area (Å²) in [6.45, 7) is 5.89. The molecule has 38 heavy (non-hydrogen) atoms. The number of nitriles is 1. The highest BCUT2D eigenvalue weighted by atomic mass is 32.2. The lowest BCUT2D eigenvalue weighted by molar-refractivity contribution is -0.124. The van der Waals surface area contributed by atoms with Gasteiger partial charge in [-0.25, -0.2) is 0 Å². The molecule has 198 valence electrons. The number of thiocarbonyl (C=S) groups is 1. The Balaban J connectivity index is 1.46. The Hall–Kier alpha value is -2.93. The van der Waals surface area contributed by atoms with Crippen molar-refractivity contribution < 1.29 is 4.79 Å². The van der Waals surface area contributed by atoms with Gasteiger partial charge in [0, 0.05) is 51.4 Å². The molecule has 7 nitrogen and oxygen atoms in total. The van der Waals surface area contributed by atoms with Gasteiger partial charge in [0.25, 0.3) is 11.5 Å². The molecule has 3 aliphatic rings. The molecule has 0 bridgehead atoms. The molecule has 3 fully saturated rings. The molecule has 1 aromatic heterocycles. The van der Waals surface area contributed by atoms with Gasteiger partial charge in [-0.15, -0.1) is 0 Å². The second-order valence-corrected chi connectivity index (χ2v) is 12.0. The number of pyridine rings is 1. The van der Waals surface area contributed by atoms with E-state index in [1.807, 2.05) is 19.1 Å². The summed E-state index contributed by atoms with van der Waals surface area (Å²) < 4.78 is 2.18. The van der Waals surface area contributed by atoms with Crippen LogP contribution < -0.4 is 10.5 Å². The minimum absolute atomic E-state index is 0.0581. The van der Waals surface area contributed by atoms with E-state index in [0.717, 1.165) is 69.8 Å². The van der Waals surface area contributed by atoms with Crippen LogP contribution in [0.25, 0.3) is 6.08 Å². The van der Waals surface area contributed by atoms with Crippen LogP contribution in [0.3, 0.4) is 0 Å². The van der Waals surface area contributed by atoms with E-state index in [1.54, 1.807) is 16.5 Å². The molecule has 0 atom stereocenters. The zero-order chi connectivity index (χ0) is 26.8. The number of amides is 1. The zero-order valence-corrected chi connectivity index (χ0v) is 23.6. The molecule has 1 aliphatic carbocycles. The minimum atomic E-state index is -0.307. The van der Waals surface area contributed by atoms with Crippen LogP contribution in [0.2, 0.25) is 0 Å². The van der Waals surface area contributed by atoms with Crippen molar-refractivity contribution in [2.24, 2.45) is 7.05 Å². The summed E-state index contributed by atoms with van der Waals surface area (Å²) in [5, 5.41) is 9.79. The maximum atomic E-state index is 13.5. The van der Waals surface area contributed by atoms with Crippen LogP contribution in [0.15, 0.2) is 40.0 Å². The molecule has 2 saturated heterocycles. The van der Waals surface area contributed by atoms with Crippen LogP contribution >= 0.6 is 24.0 Å². The van der Waals surface area contributed by atoms with Crippen LogP contribution in [0.5, 0.6) is 0 Å². The van der Waals surface area contributed by atoms with Crippen LogP contribution in [0.1, 0.15) is 54.4 Å². The van der Waals surface area contributed by atoms with Gasteiger partial charge in [0.15, 0.2) is 0 Å². The van der Waals surface area contributed by atoms with Crippen molar-refractivity contribution in [1.82, 2.24) is 14.4 Å². The summed E-state index contributed by atoms with van der Waals surface area (Å²) in [6, 6.07) is 12.7. The molecular formula is C29H33N5O2S2. The van der Waals surface area contributed by atoms with Crippen molar-refractivity contribution in [3.05, 3.63) is 67.8 Å². The lowest BCUT2D eigenvalue weighted by atomic mass is 9.94. The summed E-state index contributed by atoms with van der Waals surface area (Å²) in [4.78, 5) is 33.7. The van der Waals surface area contributed by atoms with Crippen LogP contribution in [0.4, 0.5) is 5.82 Å². The summed E-state index contributed by atoms with van der Waals surface area (Å²) in [7, 11) is 1.72. The molecule has 0 radical (unpaired) electrons. The fourth-order valence-electron chi connectivity index (χ4n) is 5.82. The zero-order valence-electron chi connectivity index (χ0n) is 22.0. The third kappa shape index (κ3) is 5.18. The molecule has 9 heteroatoms. The number of rotatable bonds is 5. The van der Waals surface area contributed by atoms with Crippen LogP contribution in [-0.4, -0.2) is 56.8 Å². The highest BCUT2D eigenvalue weighted by molar-refractivity contribution is 8.26. The van der Waals surface area contributed by atoms with Gasteiger partial charge >= 0.3 is 0 Å². The number of nitrogens with zero attached hydrogens (tertiary/aromatic N) is 5. The Morgan fingerprint density at radius 2 is 1.76 bits per heavy atom. The van der Waals surface area contributed by atoms with Crippen LogP contribution in [-0.2, 0) is 18.4 Å². The van der Waals surface area contributed by atoms with E-state index in [-0.39, 0.29) is 23.1 Å². The Morgan fingerprint density at radius 3 is 2.42 bits per heavy atom. The van der Waals surface area contributed by atoms with E-state index in [2.05, 4.69) is 40.1 Å². The molecular weight excluding hydrogens is 514 g/mol. The first-order valence-corrected chi connectivity index (χ1v) is 14.5. The van der Waals surface area contributed by atoms with E-state index in [4.69, 9.17) is 12.2 Å². The van der Waals surface area contributed by atoms with Gasteiger partial charge in [-0.1, -0.05) is 73.6 Å². The number of aromatic nitrogens is 1. The molecule has 2 aromatic rings. The molecule has 0 spiro atoms. The smallest absolute Gasteiger partial charge is 0.270 e. The van der Waals surface area contributed by atoms with E-state index < -0.39 is 0 Å². The van der Waals surface area contributed by atoms with E-state index in [1.165, 1.54) is 23.7 Å². The third-order valence-corrected chi connectivity index (χ3v) is 9.26. The monoisotopic (exact) mass is 547 g/mol. The number of hydrogen-bond acceptors (Lipinski definition) is 7. The van der Waals surface area contributed by atoms with Gasteiger partial charge in [-0.3, -0.25) is 24.0 Å². The topological polar surface area (TPSA) is 72.6 Å². The van der Waals surface area contributed by atoms with Crippen molar-refractivity contribution >= 4 is 46.1 Å². The molecule has 1 aromatic carbocycles. The highest BCUT2D eigenvalue weighted by Gasteiger charge is 2.38. The van der Waals surface area contributed by atoms with Gasteiger partial charge in [0.1, 0.15) is 21.8 Å². The average Bonchev–Trinajstić information content (AvgIpc) is 3.21. The highest BCUT2D eigenvalue weighted by Crippen LogP contribution is 2.39. The predicted molar refractivity (Wildman–Crippen MR) is 157 cm³/mol. The molecule has 0 unspecified atom stereocenters. The molecule has 2 aliphatic heterocycles. The summed E-state index contributed by atoms with van der Waals surface area (Å²) in [5.41, 5.74) is 2.46. The van der Waals surface area contributed by atoms with Gasteiger partial charge in [0.05, 0.1) is 4.91 Å². The van der Waals surface area contributed by atoms with Crippen molar-refractivity contribution in [2.45, 2.75) is 51.6 Å². The van der Waals surface area contributed by atoms with E-state index >= 15 is 0 Å². The number of benzene rings is 1. The maximum Gasteiger partial charge on any atom is 0.270 e. The Morgan fingerprint density at radius 1 is 1.08 bits per heavy atom. The number of carbonyl (C=O) groups is 1. The molecule has 5 rings (SSSR count). The second kappa shape index (κ2) is 11.4. The standard InChI is InChI=1S/C29H33N5O2S2/c1-20-23(17-25-28(36)34(29(37)38-25)22-11-7-4-8-12-22)26(31(2)27(35)24(20)18-30)33-15-13-32(14-16-33)19-21-9-5-3-6-10-21/h3,5-6,9-10,17,22H,4,7-8,11-16,19H2,1-2H3. The molecule has 0 N–H and O–H groups in total. The average molecular weight is 548 g/mol. The van der Waals surface area contributed by atoms with E-state index in [9.17, 15) is 14.9 Å². The fraction of sp³-hybridized carbons (Fsp3) is 0.448. The largest absolute Gasteiger partial charge is 0.355 e. The fourth-order valence-corrected chi connectivity index (χ4v) is 7.20.